The Labute approximate surface area is 133 Å². The van der Waals surface area contributed by atoms with Gasteiger partial charge in [0.15, 0.2) is 0 Å². The van der Waals surface area contributed by atoms with Gasteiger partial charge < -0.3 is 5.32 Å². The molecule has 1 aromatic heterocycles. The van der Waals surface area contributed by atoms with Crippen LogP contribution in [0.25, 0.3) is 0 Å². The Hall–Kier alpha value is -2.95. The lowest BCUT2D eigenvalue weighted by atomic mass is 10.1. The first-order chi connectivity index (χ1) is 11.2. The highest BCUT2D eigenvalue weighted by atomic mass is 19.1. The molecule has 0 radical (unpaired) electrons. The Bertz CT molecular complexity index is 782. The fraction of sp³-hybridized carbons (Fsp3) is 0.111. The van der Waals surface area contributed by atoms with Gasteiger partial charge in [0.1, 0.15) is 5.82 Å². The van der Waals surface area contributed by atoms with E-state index >= 15 is 0 Å². The number of carbonyl (C=O) groups excluding carboxylic acids is 1. The second-order valence-electron chi connectivity index (χ2n) is 5.26. The molecular weight excluding hydrogens is 293 g/mol. The molecule has 23 heavy (non-hydrogen) atoms. The number of amides is 1. The number of anilines is 1. The summed E-state index contributed by atoms with van der Waals surface area (Å²) in [6.45, 7) is 0.523. The summed E-state index contributed by atoms with van der Waals surface area (Å²) in [7, 11) is 0. The average Bonchev–Trinajstić information content (AvgIpc) is 2.97. The summed E-state index contributed by atoms with van der Waals surface area (Å²) in [6.07, 6.45) is 3.68. The van der Waals surface area contributed by atoms with Crippen LogP contribution in [0.4, 0.5) is 10.1 Å². The molecule has 0 bridgehead atoms. The minimum Gasteiger partial charge on any atom is -0.323 e. The Morgan fingerprint density at radius 3 is 2.52 bits per heavy atom. The van der Waals surface area contributed by atoms with E-state index in [9.17, 15) is 9.18 Å². The average molecular weight is 309 g/mol. The highest BCUT2D eigenvalue weighted by Crippen LogP contribution is 2.10. The van der Waals surface area contributed by atoms with Crippen molar-refractivity contribution in [2.45, 2.75) is 13.0 Å². The summed E-state index contributed by atoms with van der Waals surface area (Å²) in [4.78, 5) is 12.0. The van der Waals surface area contributed by atoms with Crippen LogP contribution in [0.3, 0.4) is 0 Å². The third-order valence-corrected chi connectivity index (χ3v) is 3.38. The molecule has 0 aliphatic rings. The van der Waals surface area contributed by atoms with Gasteiger partial charge in [-0.05, 0) is 23.3 Å². The third-order valence-electron chi connectivity index (χ3n) is 3.38. The van der Waals surface area contributed by atoms with E-state index in [2.05, 4.69) is 10.4 Å². The van der Waals surface area contributed by atoms with Crippen LogP contribution in [-0.4, -0.2) is 15.7 Å². The number of halogens is 1. The molecule has 0 saturated carbocycles. The Morgan fingerprint density at radius 1 is 1.04 bits per heavy atom. The van der Waals surface area contributed by atoms with Gasteiger partial charge in [0.2, 0.25) is 5.91 Å². The predicted molar refractivity (Wildman–Crippen MR) is 86.5 cm³/mol. The number of carbonyl (C=O) groups is 1. The van der Waals surface area contributed by atoms with Crippen LogP contribution in [0.1, 0.15) is 11.1 Å². The molecule has 116 valence electrons. The van der Waals surface area contributed by atoms with Gasteiger partial charge in [-0.15, -0.1) is 0 Å². The predicted octanol–water partition coefficient (Wildman–Crippen LogP) is 3.25. The second kappa shape index (κ2) is 6.87. The van der Waals surface area contributed by atoms with Crippen molar-refractivity contribution in [3.8, 4) is 0 Å². The van der Waals surface area contributed by atoms with E-state index in [-0.39, 0.29) is 11.7 Å². The molecule has 1 N–H and O–H groups in total. The van der Waals surface area contributed by atoms with Crippen LogP contribution in [0, 0.1) is 5.82 Å². The molecule has 4 nitrogen and oxygen atoms in total. The lowest BCUT2D eigenvalue weighted by molar-refractivity contribution is -0.115. The van der Waals surface area contributed by atoms with Crippen LogP contribution in [0.5, 0.6) is 0 Å². The van der Waals surface area contributed by atoms with E-state index in [1.165, 1.54) is 12.1 Å². The molecule has 1 heterocycles. The van der Waals surface area contributed by atoms with Crippen molar-refractivity contribution >= 4 is 11.6 Å². The van der Waals surface area contributed by atoms with E-state index < -0.39 is 0 Å². The summed E-state index contributed by atoms with van der Waals surface area (Å²) in [5.74, 6) is -0.347. The van der Waals surface area contributed by atoms with E-state index in [1.54, 1.807) is 29.2 Å². The fourth-order valence-electron chi connectivity index (χ4n) is 2.28. The summed E-state index contributed by atoms with van der Waals surface area (Å²) in [6, 6.07) is 15.8. The number of hydrogen-bond donors (Lipinski definition) is 1. The zero-order valence-electron chi connectivity index (χ0n) is 12.4. The van der Waals surface area contributed by atoms with Crippen molar-refractivity contribution in [1.29, 1.82) is 0 Å². The fourth-order valence-corrected chi connectivity index (χ4v) is 2.28. The molecule has 3 aromatic rings. The SMILES string of the molecule is O=C(Cc1ccccc1)Nc1cnn(Cc2ccc(F)cc2)c1. The first-order valence-corrected chi connectivity index (χ1v) is 7.30. The zero-order chi connectivity index (χ0) is 16.1. The van der Waals surface area contributed by atoms with Gasteiger partial charge in [-0.3, -0.25) is 9.48 Å². The normalized spacial score (nSPS) is 10.5. The number of nitrogens with zero attached hydrogens (tertiary/aromatic N) is 2. The Balaban J connectivity index is 1.58. The summed E-state index contributed by atoms with van der Waals surface area (Å²) in [5.41, 5.74) is 2.55. The molecule has 0 unspecified atom stereocenters. The van der Waals surface area contributed by atoms with Crippen molar-refractivity contribution < 1.29 is 9.18 Å². The van der Waals surface area contributed by atoms with Crippen LogP contribution in [0.2, 0.25) is 0 Å². The largest absolute Gasteiger partial charge is 0.323 e. The highest BCUT2D eigenvalue weighted by Gasteiger charge is 2.06. The number of hydrogen-bond acceptors (Lipinski definition) is 2. The van der Waals surface area contributed by atoms with Gasteiger partial charge in [-0.25, -0.2) is 4.39 Å². The van der Waals surface area contributed by atoms with E-state index in [1.807, 2.05) is 30.3 Å². The molecular formula is C18H16FN3O. The van der Waals surface area contributed by atoms with Crippen molar-refractivity contribution in [2.24, 2.45) is 0 Å². The minimum absolute atomic E-state index is 0.0856. The molecule has 0 aliphatic heterocycles. The van der Waals surface area contributed by atoms with Gasteiger partial charge in [-0.2, -0.15) is 5.10 Å². The Kier molecular flexibility index (Phi) is 4.47. The summed E-state index contributed by atoms with van der Waals surface area (Å²) in [5, 5.41) is 7.03. The van der Waals surface area contributed by atoms with Gasteiger partial charge in [0.25, 0.3) is 0 Å². The molecule has 0 spiro atoms. The monoisotopic (exact) mass is 309 g/mol. The minimum atomic E-state index is -0.261. The molecule has 0 atom stereocenters. The maximum atomic E-state index is 12.9. The lowest BCUT2D eigenvalue weighted by Crippen LogP contribution is -2.13. The maximum absolute atomic E-state index is 12.9. The molecule has 0 saturated heterocycles. The quantitative estimate of drug-likeness (QED) is 0.786. The Morgan fingerprint density at radius 2 is 1.78 bits per heavy atom. The molecule has 0 fully saturated rings. The number of nitrogens with one attached hydrogen (secondary N) is 1. The van der Waals surface area contributed by atoms with Gasteiger partial charge >= 0.3 is 0 Å². The van der Waals surface area contributed by atoms with Crippen molar-refractivity contribution in [2.75, 3.05) is 5.32 Å². The van der Waals surface area contributed by atoms with Crippen LogP contribution in [-0.2, 0) is 17.8 Å². The maximum Gasteiger partial charge on any atom is 0.228 e. The first-order valence-electron chi connectivity index (χ1n) is 7.30. The van der Waals surface area contributed by atoms with E-state index in [0.29, 0.717) is 18.7 Å². The van der Waals surface area contributed by atoms with Crippen molar-refractivity contribution in [3.05, 3.63) is 83.9 Å². The van der Waals surface area contributed by atoms with Crippen LogP contribution in [0.15, 0.2) is 67.0 Å². The van der Waals surface area contributed by atoms with Crippen molar-refractivity contribution in [3.63, 3.8) is 0 Å². The van der Waals surface area contributed by atoms with E-state index in [4.69, 9.17) is 0 Å². The second-order valence-corrected chi connectivity index (χ2v) is 5.26. The smallest absolute Gasteiger partial charge is 0.228 e. The van der Waals surface area contributed by atoms with Crippen LogP contribution < -0.4 is 5.32 Å². The standard InChI is InChI=1S/C18H16FN3O/c19-16-8-6-15(7-9-16)12-22-13-17(11-20-22)21-18(23)10-14-4-2-1-3-5-14/h1-9,11,13H,10,12H2,(H,21,23). The summed E-state index contributed by atoms with van der Waals surface area (Å²) < 4.78 is 14.6. The molecule has 0 aliphatic carbocycles. The van der Waals surface area contributed by atoms with Gasteiger partial charge in [0, 0.05) is 6.20 Å². The molecule has 2 aromatic carbocycles. The lowest BCUT2D eigenvalue weighted by Gasteiger charge is -2.03. The first kappa shape index (κ1) is 15.0. The molecule has 3 rings (SSSR count). The molecule has 5 heteroatoms. The number of rotatable bonds is 5. The van der Waals surface area contributed by atoms with E-state index in [0.717, 1.165) is 11.1 Å². The van der Waals surface area contributed by atoms with Crippen LogP contribution >= 0.6 is 0 Å². The van der Waals surface area contributed by atoms with Gasteiger partial charge in [-0.1, -0.05) is 42.5 Å². The summed E-state index contributed by atoms with van der Waals surface area (Å²) >= 11 is 0. The molecule has 1 amide bonds. The zero-order valence-corrected chi connectivity index (χ0v) is 12.4. The topological polar surface area (TPSA) is 46.9 Å². The third kappa shape index (κ3) is 4.26. The van der Waals surface area contributed by atoms with Crippen molar-refractivity contribution in [1.82, 2.24) is 9.78 Å². The van der Waals surface area contributed by atoms with Gasteiger partial charge in [0.05, 0.1) is 24.8 Å². The number of aromatic nitrogens is 2. The number of benzene rings is 2. The highest BCUT2D eigenvalue weighted by molar-refractivity contribution is 5.91.